The number of carbonyl (C=O) groups is 1. The topological polar surface area (TPSA) is 68.5 Å². The number of carbonyl (C=O) groups excluding carboxylic acids is 1. The summed E-state index contributed by atoms with van der Waals surface area (Å²) in [5, 5.41) is 4.07. The van der Waals surface area contributed by atoms with Gasteiger partial charge in [-0.05, 0) is 5.56 Å². The van der Waals surface area contributed by atoms with Gasteiger partial charge in [0.15, 0.2) is 0 Å². The average Bonchev–Trinajstić information content (AvgIpc) is 2.99. The lowest BCUT2D eigenvalue weighted by atomic mass is 10.1. The second-order valence-corrected chi connectivity index (χ2v) is 5.69. The van der Waals surface area contributed by atoms with Crippen LogP contribution < -0.4 is 0 Å². The molecule has 1 atom stereocenters. The lowest BCUT2D eigenvalue weighted by Gasteiger charge is -2.19. The molecule has 1 saturated carbocycles. The Morgan fingerprint density at radius 1 is 1.35 bits per heavy atom. The van der Waals surface area contributed by atoms with E-state index in [1.54, 1.807) is 0 Å². The molecule has 1 heterocycles. The van der Waals surface area contributed by atoms with E-state index in [2.05, 4.69) is 14.7 Å². The van der Waals surface area contributed by atoms with E-state index in [-0.39, 0.29) is 17.9 Å². The molecular formula is C15H12F5N3O3. The number of alkyl halides is 5. The summed E-state index contributed by atoms with van der Waals surface area (Å²) in [4.78, 5) is 20.0. The summed E-state index contributed by atoms with van der Waals surface area (Å²) in [6.07, 6.45) is -5.25. The molecule has 0 radical (unpaired) electrons. The Morgan fingerprint density at radius 2 is 1.96 bits per heavy atom. The van der Waals surface area contributed by atoms with Crippen LogP contribution in [0.2, 0.25) is 0 Å². The number of amides is 1. The fraction of sp³-hybridized carbons (Fsp3) is 0.400. The van der Waals surface area contributed by atoms with Crippen molar-refractivity contribution in [1.29, 1.82) is 0 Å². The van der Waals surface area contributed by atoms with E-state index in [0.29, 0.717) is 5.56 Å². The van der Waals surface area contributed by atoms with Crippen LogP contribution in [-0.4, -0.2) is 34.1 Å². The quantitative estimate of drug-likeness (QED) is 0.591. The van der Waals surface area contributed by atoms with Gasteiger partial charge in [0.1, 0.15) is 5.92 Å². The molecule has 1 aliphatic carbocycles. The van der Waals surface area contributed by atoms with E-state index < -0.39 is 36.2 Å². The van der Waals surface area contributed by atoms with Gasteiger partial charge >= 0.3 is 12.1 Å². The summed E-state index contributed by atoms with van der Waals surface area (Å²) in [5.41, 5.74) is 0.782. The number of hydroxylamine groups is 2. The molecule has 11 heteroatoms. The molecule has 140 valence electrons. The van der Waals surface area contributed by atoms with E-state index in [4.69, 9.17) is 4.84 Å². The molecule has 26 heavy (non-hydrogen) atoms. The number of rotatable bonds is 5. The van der Waals surface area contributed by atoms with Gasteiger partial charge in [0, 0.05) is 12.0 Å². The van der Waals surface area contributed by atoms with Crippen LogP contribution in [0.5, 0.6) is 0 Å². The summed E-state index contributed by atoms with van der Waals surface area (Å²) < 4.78 is 67.5. The molecule has 0 N–H and O–H groups in total. The van der Waals surface area contributed by atoms with Gasteiger partial charge in [-0.3, -0.25) is 9.63 Å². The fourth-order valence-corrected chi connectivity index (χ4v) is 2.27. The van der Waals surface area contributed by atoms with Crippen molar-refractivity contribution in [3.05, 3.63) is 35.7 Å². The maximum atomic E-state index is 13.0. The van der Waals surface area contributed by atoms with Crippen LogP contribution in [0.1, 0.15) is 17.9 Å². The van der Waals surface area contributed by atoms with Gasteiger partial charge in [-0.15, -0.1) is 0 Å². The number of aromatic nitrogens is 2. The van der Waals surface area contributed by atoms with Crippen LogP contribution in [-0.2, 0) is 22.4 Å². The van der Waals surface area contributed by atoms with Gasteiger partial charge in [0.05, 0.1) is 13.7 Å². The number of nitrogens with zero attached hydrogens (tertiary/aromatic N) is 3. The van der Waals surface area contributed by atoms with E-state index >= 15 is 0 Å². The second kappa shape index (κ2) is 6.31. The van der Waals surface area contributed by atoms with Crippen LogP contribution in [0.3, 0.4) is 0 Å². The Balaban J connectivity index is 1.69. The molecule has 1 aromatic carbocycles. The molecule has 0 aliphatic heterocycles. The normalized spacial score (nSPS) is 18.6. The van der Waals surface area contributed by atoms with Crippen molar-refractivity contribution in [2.45, 2.75) is 25.1 Å². The monoisotopic (exact) mass is 377 g/mol. The van der Waals surface area contributed by atoms with Crippen molar-refractivity contribution >= 4 is 5.91 Å². The second-order valence-electron chi connectivity index (χ2n) is 5.69. The van der Waals surface area contributed by atoms with Gasteiger partial charge in [-0.25, -0.2) is 13.8 Å². The van der Waals surface area contributed by atoms with Gasteiger partial charge < -0.3 is 4.52 Å². The smallest absolute Gasteiger partial charge is 0.329 e. The SMILES string of the molecule is CON(Cc1ccc(-c2noc(C(F)(F)F)n2)cc1)C(=O)C1CC1(F)F. The fourth-order valence-electron chi connectivity index (χ4n) is 2.27. The minimum absolute atomic E-state index is 0.0950. The Labute approximate surface area is 143 Å². The number of hydrogen-bond donors (Lipinski definition) is 0. The van der Waals surface area contributed by atoms with Crippen LogP contribution in [0, 0.1) is 5.92 Å². The van der Waals surface area contributed by atoms with E-state index in [9.17, 15) is 26.7 Å². The summed E-state index contributed by atoms with van der Waals surface area (Å²) in [7, 11) is 1.19. The minimum Gasteiger partial charge on any atom is -0.329 e. The Morgan fingerprint density at radius 3 is 2.42 bits per heavy atom. The molecule has 3 rings (SSSR count). The van der Waals surface area contributed by atoms with Crippen molar-refractivity contribution < 1.29 is 36.1 Å². The average molecular weight is 377 g/mol. The Kier molecular flexibility index (Phi) is 4.42. The first-order valence-corrected chi connectivity index (χ1v) is 7.35. The van der Waals surface area contributed by atoms with Crippen LogP contribution >= 0.6 is 0 Å². The molecule has 1 aromatic heterocycles. The molecule has 2 aromatic rings. The molecular weight excluding hydrogens is 365 g/mol. The molecule has 1 unspecified atom stereocenters. The third-order valence-corrected chi connectivity index (χ3v) is 3.80. The van der Waals surface area contributed by atoms with Gasteiger partial charge in [0.2, 0.25) is 5.82 Å². The zero-order chi connectivity index (χ0) is 19.1. The highest BCUT2D eigenvalue weighted by molar-refractivity contribution is 5.82. The highest BCUT2D eigenvalue weighted by atomic mass is 19.4. The lowest BCUT2D eigenvalue weighted by Crippen LogP contribution is -2.32. The zero-order valence-corrected chi connectivity index (χ0v) is 13.3. The summed E-state index contributed by atoms with van der Waals surface area (Å²) in [6.45, 7) is -0.0950. The molecule has 1 aliphatic rings. The maximum absolute atomic E-state index is 13.0. The van der Waals surface area contributed by atoms with Crippen molar-refractivity contribution in [3.63, 3.8) is 0 Å². The Bertz CT molecular complexity index is 804. The number of hydrogen-bond acceptors (Lipinski definition) is 5. The van der Waals surface area contributed by atoms with Crippen molar-refractivity contribution in [2.75, 3.05) is 7.11 Å². The minimum atomic E-state index is -4.74. The molecule has 1 fully saturated rings. The predicted octanol–water partition coefficient (Wildman–Crippen LogP) is 3.30. The van der Waals surface area contributed by atoms with Crippen molar-refractivity contribution in [3.8, 4) is 11.4 Å². The van der Waals surface area contributed by atoms with Crippen LogP contribution in [0.15, 0.2) is 28.8 Å². The number of halogens is 5. The van der Waals surface area contributed by atoms with Gasteiger partial charge in [-0.2, -0.15) is 18.2 Å². The highest BCUT2D eigenvalue weighted by Crippen LogP contribution is 2.49. The molecule has 0 bridgehead atoms. The molecule has 1 amide bonds. The molecule has 0 spiro atoms. The first-order valence-electron chi connectivity index (χ1n) is 7.35. The summed E-state index contributed by atoms with van der Waals surface area (Å²) >= 11 is 0. The molecule has 0 saturated heterocycles. The standard InChI is InChI=1S/C15H12F5N3O3/c1-25-23(12(24)10-6-14(10,16)17)7-8-2-4-9(5-3-8)11-21-13(26-22-11)15(18,19)20/h2-5,10H,6-7H2,1H3. The first kappa shape index (κ1) is 18.2. The zero-order valence-electron chi connectivity index (χ0n) is 13.3. The third kappa shape index (κ3) is 3.66. The highest BCUT2D eigenvalue weighted by Gasteiger charge is 2.62. The van der Waals surface area contributed by atoms with Crippen molar-refractivity contribution in [1.82, 2.24) is 15.2 Å². The summed E-state index contributed by atoms with van der Waals surface area (Å²) in [5.74, 6) is -6.93. The lowest BCUT2D eigenvalue weighted by molar-refractivity contribution is -0.183. The van der Waals surface area contributed by atoms with E-state index in [1.165, 1.54) is 31.4 Å². The predicted molar refractivity (Wildman–Crippen MR) is 75.3 cm³/mol. The Hall–Kier alpha value is -2.56. The van der Waals surface area contributed by atoms with Crippen molar-refractivity contribution in [2.24, 2.45) is 5.92 Å². The van der Waals surface area contributed by atoms with Crippen LogP contribution in [0.4, 0.5) is 22.0 Å². The van der Waals surface area contributed by atoms with E-state index in [0.717, 1.165) is 5.06 Å². The van der Waals surface area contributed by atoms with Crippen LogP contribution in [0.25, 0.3) is 11.4 Å². The number of benzene rings is 1. The van der Waals surface area contributed by atoms with Gasteiger partial charge in [0.25, 0.3) is 11.8 Å². The maximum Gasteiger partial charge on any atom is 0.471 e. The summed E-state index contributed by atoms with van der Waals surface area (Å²) in [6, 6.07) is 5.82. The largest absolute Gasteiger partial charge is 0.471 e. The first-order chi connectivity index (χ1) is 12.1. The van der Waals surface area contributed by atoms with E-state index in [1.807, 2.05) is 0 Å². The van der Waals surface area contributed by atoms with Gasteiger partial charge in [-0.1, -0.05) is 29.4 Å². The third-order valence-electron chi connectivity index (χ3n) is 3.80. The molecule has 6 nitrogen and oxygen atoms in total.